The zero-order chi connectivity index (χ0) is 19.1. The van der Waals surface area contributed by atoms with Crippen LogP contribution in [0.2, 0.25) is 0 Å². The van der Waals surface area contributed by atoms with E-state index < -0.39 is 0 Å². The van der Waals surface area contributed by atoms with Crippen molar-refractivity contribution in [3.63, 3.8) is 0 Å². The van der Waals surface area contributed by atoms with E-state index >= 15 is 0 Å². The SMILES string of the molecule is CN=C(NCCN(C)C1CCCC1)NC(C)c1cccc(N2CCCC2)c1.I. The summed E-state index contributed by atoms with van der Waals surface area (Å²) in [7, 11) is 4.10. The summed E-state index contributed by atoms with van der Waals surface area (Å²) in [5, 5.41) is 7.03. The van der Waals surface area contributed by atoms with Crippen LogP contribution in [0.15, 0.2) is 29.3 Å². The highest BCUT2D eigenvalue weighted by atomic mass is 127. The maximum Gasteiger partial charge on any atom is 0.191 e. The minimum atomic E-state index is 0. The molecule has 1 aromatic rings. The molecule has 1 aliphatic carbocycles. The molecule has 2 fully saturated rings. The molecule has 1 heterocycles. The lowest BCUT2D eigenvalue weighted by molar-refractivity contribution is 0.249. The van der Waals surface area contributed by atoms with Crippen molar-refractivity contribution in [2.45, 2.75) is 57.5 Å². The van der Waals surface area contributed by atoms with Gasteiger partial charge in [0.05, 0.1) is 6.04 Å². The van der Waals surface area contributed by atoms with Gasteiger partial charge in [0.25, 0.3) is 0 Å². The van der Waals surface area contributed by atoms with E-state index in [2.05, 4.69) is 63.7 Å². The third-order valence-corrected chi connectivity index (χ3v) is 6.12. The summed E-state index contributed by atoms with van der Waals surface area (Å²) >= 11 is 0. The lowest BCUT2D eigenvalue weighted by atomic mass is 10.1. The van der Waals surface area contributed by atoms with Gasteiger partial charge in [-0.3, -0.25) is 4.99 Å². The quantitative estimate of drug-likeness (QED) is 0.338. The van der Waals surface area contributed by atoms with Crippen molar-refractivity contribution in [1.29, 1.82) is 0 Å². The Bertz CT molecular complexity index is 609. The van der Waals surface area contributed by atoms with E-state index in [1.165, 1.54) is 62.9 Å². The van der Waals surface area contributed by atoms with E-state index in [1.54, 1.807) is 0 Å². The maximum atomic E-state index is 4.41. The van der Waals surface area contributed by atoms with E-state index in [1.807, 2.05) is 7.05 Å². The fraction of sp³-hybridized carbons (Fsp3) is 0.682. The number of hydrogen-bond donors (Lipinski definition) is 2. The molecule has 28 heavy (non-hydrogen) atoms. The second-order valence-electron chi connectivity index (χ2n) is 8.07. The summed E-state index contributed by atoms with van der Waals surface area (Å²) in [5.74, 6) is 0.883. The molecular formula is C22H38IN5. The Morgan fingerprint density at radius 1 is 1.21 bits per heavy atom. The van der Waals surface area contributed by atoms with Crippen LogP contribution in [0.1, 0.15) is 57.1 Å². The number of likely N-dealkylation sites (N-methyl/N-ethyl adjacent to an activating group) is 1. The molecule has 1 aliphatic heterocycles. The molecule has 0 spiro atoms. The van der Waals surface area contributed by atoms with Crippen LogP contribution >= 0.6 is 24.0 Å². The second-order valence-corrected chi connectivity index (χ2v) is 8.07. The predicted octanol–water partition coefficient (Wildman–Crippen LogP) is 4.01. The average Bonchev–Trinajstić information content (AvgIpc) is 3.41. The Balaban J connectivity index is 0.00000280. The first-order valence-electron chi connectivity index (χ1n) is 10.7. The standard InChI is InChI=1S/C22H37N5.HI/c1-18(19-9-8-12-21(17-19)27-14-6-7-15-27)25-22(23-2)24-13-16-26(3)20-10-4-5-11-20;/h8-9,12,17-18,20H,4-7,10-11,13-16H2,1-3H3,(H2,23,24,25);1H. The highest BCUT2D eigenvalue weighted by Crippen LogP contribution is 2.24. The van der Waals surface area contributed by atoms with Gasteiger partial charge in [-0.05, 0) is 57.4 Å². The third-order valence-electron chi connectivity index (χ3n) is 6.12. The first-order valence-corrected chi connectivity index (χ1v) is 10.7. The smallest absolute Gasteiger partial charge is 0.191 e. The Kier molecular flexibility index (Phi) is 9.85. The highest BCUT2D eigenvalue weighted by Gasteiger charge is 2.19. The zero-order valence-electron chi connectivity index (χ0n) is 17.8. The Morgan fingerprint density at radius 3 is 2.61 bits per heavy atom. The highest BCUT2D eigenvalue weighted by molar-refractivity contribution is 14.0. The molecule has 1 aromatic carbocycles. The van der Waals surface area contributed by atoms with Gasteiger partial charge in [-0.15, -0.1) is 24.0 Å². The molecule has 0 bridgehead atoms. The molecule has 0 radical (unpaired) electrons. The van der Waals surface area contributed by atoms with Gasteiger partial charge >= 0.3 is 0 Å². The first-order chi connectivity index (χ1) is 13.2. The van der Waals surface area contributed by atoms with Gasteiger partial charge < -0.3 is 20.4 Å². The summed E-state index contributed by atoms with van der Waals surface area (Å²) < 4.78 is 0. The fourth-order valence-electron chi connectivity index (χ4n) is 4.33. The molecule has 1 unspecified atom stereocenters. The van der Waals surface area contributed by atoms with Crippen LogP contribution < -0.4 is 15.5 Å². The van der Waals surface area contributed by atoms with E-state index in [0.717, 1.165) is 25.1 Å². The number of aliphatic imine (C=N–C) groups is 1. The number of rotatable bonds is 7. The number of hydrogen-bond acceptors (Lipinski definition) is 3. The monoisotopic (exact) mass is 499 g/mol. The number of anilines is 1. The van der Waals surface area contributed by atoms with Gasteiger partial charge in [0.15, 0.2) is 5.96 Å². The number of benzene rings is 1. The van der Waals surface area contributed by atoms with Crippen LogP contribution in [0.25, 0.3) is 0 Å². The van der Waals surface area contributed by atoms with Crippen molar-refractivity contribution in [2.75, 3.05) is 45.2 Å². The van der Waals surface area contributed by atoms with Crippen molar-refractivity contribution in [1.82, 2.24) is 15.5 Å². The Hall–Kier alpha value is -1.02. The lowest BCUT2D eigenvalue weighted by Gasteiger charge is -2.25. The van der Waals surface area contributed by atoms with Gasteiger partial charge in [-0.25, -0.2) is 0 Å². The van der Waals surface area contributed by atoms with Gasteiger partial charge in [-0.1, -0.05) is 25.0 Å². The first kappa shape index (κ1) is 23.3. The minimum absolute atomic E-state index is 0. The molecule has 6 heteroatoms. The summed E-state index contributed by atoms with van der Waals surface area (Å²) in [4.78, 5) is 9.40. The third kappa shape index (κ3) is 6.51. The van der Waals surface area contributed by atoms with E-state index in [-0.39, 0.29) is 30.0 Å². The fourth-order valence-corrected chi connectivity index (χ4v) is 4.33. The average molecular weight is 499 g/mol. The van der Waals surface area contributed by atoms with Crippen molar-refractivity contribution in [3.05, 3.63) is 29.8 Å². The molecule has 1 atom stereocenters. The molecule has 3 rings (SSSR count). The van der Waals surface area contributed by atoms with Crippen LogP contribution in [0.3, 0.4) is 0 Å². The summed E-state index contributed by atoms with van der Waals surface area (Å²) in [6.45, 7) is 6.56. The largest absolute Gasteiger partial charge is 0.372 e. The number of halogens is 1. The summed E-state index contributed by atoms with van der Waals surface area (Å²) in [5.41, 5.74) is 2.66. The van der Waals surface area contributed by atoms with E-state index in [4.69, 9.17) is 0 Å². The summed E-state index contributed by atoms with van der Waals surface area (Å²) in [6, 6.07) is 9.93. The van der Waals surface area contributed by atoms with Crippen molar-refractivity contribution in [3.8, 4) is 0 Å². The summed E-state index contributed by atoms with van der Waals surface area (Å²) in [6.07, 6.45) is 8.11. The molecule has 2 aliphatic rings. The predicted molar refractivity (Wildman–Crippen MR) is 131 cm³/mol. The molecule has 1 saturated heterocycles. The van der Waals surface area contributed by atoms with Gasteiger partial charge in [0.2, 0.25) is 0 Å². The van der Waals surface area contributed by atoms with E-state index in [9.17, 15) is 0 Å². The normalized spacial score (nSPS) is 19.0. The number of nitrogens with one attached hydrogen (secondary N) is 2. The molecule has 0 aromatic heterocycles. The van der Waals surface area contributed by atoms with Crippen molar-refractivity contribution in [2.24, 2.45) is 4.99 Å². The van der Waals surface area contributed by atoms with Crippen LogP contribution in [-0.4, -0.2) is 57.2 Å². The lowest BCUT2D eigenvalue weighted by Crippen LogP contribution is -2.43. The molecule has 1 saturated carbocycles. The Labute approximate surface area is 188 Å². The molecular weight excluding hydrogens is 461 g/mol. The number of guanidine groups is 1. The van der Waals surface area contributed by atoms with Crippen LogP contribution in [0.4, 0.5) is 5.69 Å². The molecule has 158 valence electrons. The number of nitrogens with zero attached hydrogens (tertiary/aromatic N) is 3. The zero-order valence-corrected chi connectivity index (χ0v) is 20.1. The second kappa shape index (κ2) is 11.9. The Morgan fingerprint density at radius 2 is 1.93 bits per heavy atom. The topological polar surface area (TPSA) is 42.9 Å². The van der Waals surface area contributed by atoms with Crippen LogP contribution in [0, 0.1) is 0 Å². The van der Waals surface area contributed by atoms with Crippen molar-refractivity contribution < 1.29 is 0 Å². The minimum Gasteiger partial charge on any atom is -0.372 e. The molecule has 2 N–H and O–H groups in total. The molecule has 0 amide bonds. The van der Waals surface area contributed by atoms with Gasteiger partial charge in [0, 0.05) is 45.0 Å². The van der Waals surface area contributed by atoms with Crippen molar-refractivity contribution >= 4 is 35.6 Å². The molecule has 5 nitrogen and oxygen atoms in total. The van der Waals surface area contributed by atoms with Crippen LogP contribution in [-0.2, 0) is 0 Å². The van der Waals surface area contributed by atoms with Gasteiger partial charge in [-0.2, -0.15) is 0 Å². The van der Waals surface area contributed by atoms with E-state index in [0.29, 0.717) is 0 Å². The van der Waals surface area contributed by atoms with Gasteiger partial charge in [0.1, 0.15) is 0 Å². The maximum absolute atomic E-state index is 4.41. The van der Waals surface area contributed by atoms with Crippen LogP contribution in [0.5, 0.6) is 0 Å².